The SMILES string of the molecule is CC(=O)Nc1ccccc1OCc1noc(C(=O)NC(C)C)n1. The molecule has 8 nitrogen and oxygen atoms in total. The van der Waals surface area contributed by atoms with Crippen LogP contribution in [-0.4, -0.2) is 28.0 Å². The number of aromatic nitrogens is 2. The number of anilines is 1. The monoisotopic (exact) mass is 318 g/mol. The average molecular weight is 318 g/mol. The van der Waals surface area contributed by atoms with E-state index in [2.05, 4.69) is 20.8 Å². The van der Waals surface area contributed by atoms with Crippen LogP contribution >= 0.6 is 0 Å². The number of hydrogen-bond acceptors (Lipinski definition) is 6. The highest BCUT2D eigenvalue weighted by atomic mass is 16.5. The van der Waals surface area contributed by atoms with Crippen molar-refractivity contribution in [1.82, 2.24) is 15.5 Å². The van der Waals surface area contributed by atoms with E-state index in [1.54, 1.807) is 24.3 Å². The molecule has 0 saturated heterocycles. The van der Waals surface area contributed by atoms with Gasteiger partial charge in [0.05, 0.1) is 5.69 Å². The Morgan fingerprint density at radius 1 is 1.30 bits per heavy atom. The number of nitrogens with one attached hydrogen (secondary N) is 2. The van der Waals surface area contributed by atoms with Gasteiger partial charge in [-0.15, -0.1) is 0 Å². The second-order valence-corrected chi connectivity index (χ2v) is 5.11. The van der Waals surface area contributed by atoms with Crippen molar-refractivity contribution in [2.45, 2.75) is 33.4 Å². The first kappa shape index (κ1) is 16.5. The highest BCUT2D eigenvalue weighted by Gasteiger charge is 2.16. The van der Waals surface area contributed by atoms with Crippen LogP contribution in [0.4, 0.5) is 5.69 Å². The van der Waals surface area contributed by atoms with Gasteiger partial charge in [-0.25, -0.2) is 0 Å². The lowest BCUT2D eigenvalue weighted by atomic mass is 10.3. The summed E-state index contributed by atoms with van der Waals surface area (Å²) in [6.45, 7) is 5.08. The summed E-state index contributed by atoms with van der Waals surface area (Å²) in [6.07, 6.45) is 0. The highest BCUT2D eigenvalue weighted by molar-refractivity contribution is 5.90. The number of hydrogen-bond donors (Lipinski definition) is 2. The molecule has 0 unspecified atom stereocenters. The smallest absolute Gasteiger partial charge is 0.316 e. The molecule has 0 spiro atoms. The molecular weight excluding hydrogens is 300 g/mol. The fraction of sp³-hybridized carbons (Fsp3) is 0.333. The Morgan fingerprint density at radius 3 is 2.74 bits per heavy atom. The maximum atomic E-state index is 11.7. The van der Waals surface area contributed by atoms with Gasteiger partial charge in [-0.05, 0) is 26.0 Å². The van der Waals surface area contributed by atoms with Crippen LogP contribution in [0.15, 0.2) is 28.8 Å². The Kier molecular flexibility index (Phi) is 5.29. The summed E-state index contributed by atoms with van der Waals surface area (Å²) >= 11 is 0. The number of carbonyl (C=O) groups excluding carboxylic acids is 2. The van der Waals surface area contributed by atoms with E-state index in [1.807, 2.05) is 13.8 Å². The van der Waals surface area contributed by atoms with Crippen LogP contribution in [0.1, 0.15) is 37.3 Å². The quantitative estimate of drug-likeness (QED) is 0.840. The lowest BCUT2D eigenvalue weighted by Crippen LogP contribution is -2.30. The van der Waals surface area contributed by atoms with Gasteiger partial charge in [0.1, 0.15) is 5.75 Å². The lowest BCUT2D eigenvalue weighted by molar-refractivity contribution is -0.114. The minimum Gasteiger partial charge on any atom is -0.483 e. The molecule has 0 fully saturated rings. The van der Waals surface area contributed by atoms with Gasteiger partial charge in [0.2, 0.25) is 11.7 Å². The van der Waals surface area contributed by atoms with Gasteiger partial charge >= 0.3 is 11.8 Å². The fourth-order valence-corrected chi connectivity index (χ4v) is 1.76. The van der Waals surface area contributed by atoms with Crippen LogP contribution in [0.5, 0.6) is 5.75 Å². The van der Waals surface area contributed by atoms with E-state index in [0.717, 1.165) is 0 Å². The van der Waals surface area contributed by atoms with Gasteiger partial charge in [0.25, 0.3) is 0 Å². The number of para-hydroxylation sites is 2. The topological polar surface area (TPSA) is 106 Å². The molecule has 2 rings (SSSR count). The van der Waals surface area contributed by atoms with E-state index in [-0.39, 0.29) is 30.3 Å². The van der Waals surface area contributed by atoms with Crippen molar-refractivity contribution in [1.29, 1.82) is 0 Å². The normalized spacial score (nSPS) is 10.4. The van der Waals surface area contributed by atoms with E-state index >= 15 is 0 Å². The van der Waals surface area contributed by atoms with E-state index in [9.17, 15) is 9.59 Å². The molecule has 0 bridgehead atoms. The number of carbonyl (C=O) groups is 2. The lowest BCUT2D eigenvalue weighted by Gasteiger charge is -2.09. The van der Waals surface area contributed by atoms with Crippen LogP contribution in [0, 0.1) is 0 Å². The minimum atomic E-state index is -0.433. The Hall–Kier alpha value is -2.90. The molecule has 23 heavy (non-hydrogen) atoms. The van der Waals surface area contributed by atoms with Crippen LogP contribution < -0.4 is 15.4 Å². The van der Waals surface area contributed by atoms with Crippen LogP contribution in [0.3, 0.4) is 0 Å². The summed E-state index contributed by atoms with van der Waals surface area (Å²) in [5.41, 5.74) is 0.543. The number of benzene rings is 1. The van der Waals surface area contributed by atoms with Crippen LogP contribution in [0.2, 0.25) is 0 Å². The number of amides is 2. The molecule has 0 aliphatic heterocycles. The van der Waals surface area contributed by atoms with Crippen molar-refractivity contribution in [3.63, 3.8) is 0 Å². The van der Waals surface area contributed by atoms with Gasteiger partial charge in [0.15, 0.2) is 6.61 Å². The molecule has 1 aromatic heterocycles. The standard InChI is InChI=1S/C15H18N4O4/c1-9(2)16-14(21)15-18-13(19-23-15)8-22-12-7-5-4-6-11(12)17-10(3)20/h4-7,9H,8H2,1-3H3,(H,16,21)(H,17,20). The molecule has 0 aliphatic carbocycles. The largest absolute Gasteiger partial charge is 0.483 e. The van der Waals surface area contributed by atoms with E-state index in [1.165, 1.54) is 6.92 Å². The Bertz CT molecular complexity index is 696. The van der Waals surface area contributed by atoms with Crippen molar-refractivity contribution < 1.29 is 18.8 Å². The molecule has 0 atom stereocenters. The second kappa shape index (κ2) is 7.39. The zero-order chi connectivity index (χ0) is 16.8. The zero-order valence-electron chi connectivity index (χ0n) is 13.1. The van der Waals surface area contributed by atoms with Crippen molar-refractivity contribution in [3.05, 3.63) is 36.0 Å². The minimum absolute atomic E-state index is 0.00898. The van der Waals surface area contributed by atoms with Gasteiger partial charge < -0.3 is 19.9 Å². The molecule has 2 amide bonds. The van der Waals surface area contributed by atoms with Crippen molar-refractivity contribution in [2.24, 2.45) is 0 Å². The maximum Gasteiger partial charge on any atom is 0.316 e. The predicted molar refractivity (Wildman–Crippen MR) is 82.0 cm³/mol. The molecule has 1 heterocycles. The molecule has 0 aliphatic rings. The Morgan fingerprint density at radius 2 is 2.04 bits per heavy atom. The van der Waals surface area contributed by atoms with Gasteiger partial charge in [0, 0.05) is 13.0 Å². The fourth-order valence-electron chi connectivity index (χ4n) is 1.76. The maximum absolute atomic E-state index is 11.7. The second-order valence-electron chi connectivity index (χ2n) is 5.11. The molecule has 122 valence electrons. The molecule has 2 N–H and O–H groups in total. The summed E-state index contributed by atoms with van der Waals surface area (Å²) in [4.78, 5) is 26.8. The summed E-state index contributed by atoms with van der Waals surface area (Å²) in [7, 11) is 0. The van der Waals surface area contributed by atoms with Crippen molar-refractivity contribution in [3.8, 4) is 5.75 Å². The summed E-state index contributed by atoms with van der Waals surface area (Å²) in [5, 5.41) is 9.01. The number of rotatable bonds is 6. The van der Waals surface area contributed by atoms with E-state index in [4.69, 9.17) is 9.26 Å². The zero-order valence-corrected chi connectivity index (χ0v) is 13.1. The summed E-state index contributed by atoms with van der Waals surface area (Å²) in [5.74, 6) is -0.0460. The third kappa shape index (κ3) is 4.80. The molecule has 0 radical (unpaired) electrons. The third-order valence-corrected chi connectivity index (χ3v) is 2.64. The molecular formula is C15H18N4O4. The average Bonchev–Trinajstić information content (AvgIpc) is 2.94. The highest BCUT2D eigenvalue weighted by Crippen LogP contribution is 2.24. The first-order valence-electron chi connectivity index (χ1n) is 7.08. The first-order valence-corrected chi connectivity index (χ1v) is 7.08. The van der Waals surface area contributed by atoms with Gasteiger partial charge in [-0.3, -0.25) is 9.59 Å². The Balaban J connectivity index is 2.01. The number of nitrogens with zero attached hydrogens (tertiary/aromatic N) is 2. The van der Waals surface area contributed by atoms with Gasteiger partial charge in [-0.2, -0.15) is 4.98 Å². The summed E-state index contributed by atoms with van der Waals surface area (Å²) < 4.78 is 10.5. The van der Waals surface area contributed by atoms with E-state index < -0.39 is 5.91 Å². The Labute approximate surface area is 133 Å². The van der Waals surface area contributed by atoms with Crippen molar-refractivity contribution >= 4 is 17.5 Å². The summed E-state index contributed by atoms with van der Waals surface area (Å²) in [6, 6.07) is 6.95. The number of ether oxygens (including phenoxy) is 1. The van der Waals surface area contributed by atoms with Crippen LogP contribution in [-0.2, 0) is 11.4 Å². The molecule has 8 heteroatoms. The van der Waals surface area contributed by atoms with Crippen molar-refractivity contribution in [2.75, 3.05) is 5.32 Å². The van der Waals surface area contributed by atoms with Gasteiger partial charge in [-0.1, -0.05) is 17.3 Å². The molecule has 2 aromatic rings. The van der Waals surface area contributed by atoms with E-state index in [0.29, 0.717) is 11.4 Å². The molecule has 0 saturated carbocycles. The predicted octanol–water partition coefficient (Wildman–Crippen LogP) is 1.75. The molecule has 1 aromatic carbocycles. The first-order chi connectivity index (χ1) is 11.0. The van der Waals surface area contributed by atoms with Crippen LogP contribution in [0.25, 0.3) is 0 Å². The third-order valence-electron chi connectivity index (χ3n) is 2.64.